The third-order valence-electron chi connectivity index (χ3n) is 7.56. The molecule has 10 heteroatoms. The minimum absolute atomic E-state index is 0.0330. The molecule has 3 aromatic rings. The largest absolute Gasteiger partial charge is 0.322 e. The molecule has 1 atom stereocenters. The van der Waals surface area contributed by atoms with E-state index in [0.717, 1.165) is 22.8 Å². The Morgan fingerprint density at radius 2 is 1.89 bits per heavy atom. The second-order valence-corrected chi connectivity index (χ2v) is 10.6. The summed E-state index contributed by atoms with van der Waals surface area (Å²) in [6.07, 6.45) is 1.51. The highest BCUT2D eigenvalue weighted by Gasteiger charge is 2.42. The number of nitrogens with one attached hydrogen (secondary N) is 1. The predicted molar refractivity (Wildman–Crippen MR) is 129 cm³/mol. The lowest BCUT2D eigenvalue weighted by atomic mass is 9.86. The number of aromatic nitrogens is 1. The van der Waals surface area contributed by atoms with Crippen molar-refractivity contribution in [3.8, 4) is 0 Å². The van der Waals surface area contributed by atoms with Crippen LogP contribution in [0.1, 0.15) is 58.6 Å². The first-order valence-corrected chi connectivity index (χ1v) is 13.0. The Morgan fingerprint density at radius 3 is 2.67 bits per heavy atom. The fourth-order valence-electron chi connectivity index (χ4n) is 5.66. The summed E-state index contributed by atoms with van der Waals surface area (Å²) < 4.78 is 32.0. The summed E-state index contributed by atoms with van der Waals surface area (Å²) in [7, 11) is 0. The maximum Gasteiger partial charge on any atom is 0.255 e. The average Bonchev–Trinajstić information content (AvgIpc) is 3.45. The maximum absolute atomic E-state index is 15.7. The molecule has 0 bridgehead atoms. The van der Waals surface area contributed by atoms with Crippen LogP contribution in [0.2, 0.25) is 0 Å². The molecule has 0 radical (unpaired) electrons. The van der Waals surface area contributed by atoms with Gasteiger partial charge in [-0.3, -0.25) is 24.6 Å². The van der Waals surface area contributed by atoms with E-state index in [1.165, 1.54) is 10.5 Å². The number of rotatable bonds is 4. The number of imide groups is 1. The van der Waals surface area contributed by atoms with Crippen molar-refractivity contribution in [3.05, 3.63) is 63.7 Å². The Morgan fingerprint density at radius 1 is 1.08 bits per heavy atom. The lowest BCUT2D eigenvalue weighted by molar-refractivity contribution is -0.136. The Bertz CT molecular complexity index is 1400. The molecule has 186 valence electrons. The quantitative estimate of drug-likeness (QED) is 0.541. The highest BCUT2D eigenvalue weighted by Crippen LogP contribution is 2.38. The van der Waals surface area contributed by atoms with Crippen LogP contribution in [0.3, 0.4) is 0 Å². The van der Waals surface area contributed by atoms with Gasteiger partial charge in [0.1, 0.15) is 17.7 Å². The third kappa shape index (κ3) is 3.98. The fourth-order valence-corrected chi connectivity index (χ4v) is 6.40. The van der Waals surface area contributed by atoms with E-state index >= 15 is 8.78 Å². The van der Waals surface area contributed by atoms with E-state index < -0.39 is 35.4 Å². The van der Waals surface area contributed by atoms with E-state index in [2.05, 4.69) is 27.3 Å². The number of piperidine rings is 2. The summed E-state index contributed by atoms with van der Waals surface area (Å²) in [4.78, 5) is 44.5. The number of likely N-dealkylation sites (tertiary alicyclic amines) is 1. The summed E-state index contributed by atoms with van der Waals surface area (Å²) in [5.41, 5.74) is 4.15. The zero-order valence-corrected chi connectivity index (χ0v) is 20.2. The van der Waals surface area contributed by atoms with Crippen molar-refractivity contribution in [2.45, 2.75) is 50.7 Å². The van der Waals surface area contributed by atoms with Crippen LogP contribution < -0.4 is 5.32 Å². The summed E-state index contributed by atoms with van der Waals surface area (Å²) in [6, 6.07) is 6.49. The molecule has 1 N–H and O–H groups in total. The van der Waals surface area contributed by atoms with Crippen LogP contribution in [0.5, 0.6) is 0 Å². The van der Waals surface area contributed by atoms with E-state index in [1.807, 2.05) is 11.6 Å². The van der Waals surface area contributed by atoms with Gasteiger partial charge in [-0.2, -0.15) is 0 Å². The monoisotopic (exact) mass is 510 g/mol. The van der Waals surface area contributed by atoms with Crippen LogP contribution >= 0.6 is 11.3 Å². The van der Waals surface area contributed by atoms with E-state index in [9.17, 15) is 14.4 Å². The molecule has 36 heavy (non-hydrogen) atoms. The molecule has 1 unspecified atom stereocenters. The predicted octanol–water partition coefficient (Wildman–Crippen LogP) is 3.72. The molecule has 2 fully saturated rings. The smallest absolute Gasteiger partial charge is 0.255 e. The van der Waals surface area contributed by atoms with E-state index in [-0.39, 0.29) is 42.0 Å². The molecule has 4 heterocycles. The van der Waals surface area contributed by atoms with Gasteiger partial charge in [-0.05, 0) is 62.0 Å². The maximum atomic E-state index is 15.7. The van der Waals surface area contributed by atoms with Crippen LogP contribution in [0.4, 0.5) is 8.78 Å². The standard InChI is InChI=1S/C26H24F2N4O3S/c27-18-10-16-17(12-32(26(16)35)20-3-4-22(33)30-25(20)34)24(28)23(18)15-5-7-31(8-6-15)11-14-1-2-19-21(9-14)36-13-29-19/h1-2,9-10,13,15,20H,3-8,11-12H2,(H,30,33,34). The highest BCUT2D eigenvalue weighted by atomic mass is 32.1. The van der Waals surface area contributed by atoms with Gasteiger partial charge < -0.3 is 4.90 Å². The number of hydrogen-bond donors (Lipinski definition) is 1. The van der Waals surface area contributed by atoms with Gasteiger partial charge in [-0.1, -0.05) is 6.07 Å². The number of carbonyl (C=O) groups is 3. The van der Waals surface area contributed by atoms with Crippen molar-refractivity contribution < 1.29 is 23.2 Å². The number of nitrogens with zero attached hydrogens (tertiary/aromatic N) is 3. The first-order chi connectivity index (χ1) is 17.4. The normalized spacial score (nSPS) is 21.3. The van der Waals surface area contributed by atoms with Crippen molar-refractivity contribution in [2.24, 2.45) is 0 Å². The van der Waals surface area contributed by atoms with Crippen LogP contribution in [0, 0.1) is 11.6 Å². The van der Waals surface area contributed by atoms with Crippen LogP contribution in [0.25, 0.3) is 10.2 Å². The molecule has 2 aromatic carbocycles. The number of thiazole rings is 1. The molecule has 3 aliphatic rings. The number of halogens is 2. The first-order valence-electron chi connectivity index (χ1n) is 12.1. The van der Waals surface area contributed by atoms with Crippen molar-refractivity contribution in [1.29, 1.82) is 0 Å². The summed E-state index contributed by atoms with van der Waals surface area (Å²) in [5, 5.41) is 2.22. The van der Waals surface area contributed by atoms with E-state index in [1.54, 1.807) is 11.3 Å². The van der Waals surface area contributed by atoms with Gasteiger partial charge in [-0.15, -0.1) is 11.3 Å². The third-order valence-corrected chi connectivity index (χ3v) is 8.35. The minimum atomic E-state index is -0.860. The number of hydrogen-bond acceptors (Lipinski definition) is 6. The second-order valence-electron chi connectivity index (χ2n) is 9.72. The molecule has 0 aliphatic carbocycles. The van der Waals surface area contributed by atoms with Gasteiger partial charge in [0.15, 0.2) is 0 Å². The summed E-state index contributed by atoms with van der Waals surface area (Å²) in [5.74, 6) is -3.21. The Balaban J connectivity index is 1.17. The Kier molecular flexibility index (Phi) is 5.80. The minimum Gasteiger partial charge on any atom is -0.322 e. The van der Waals surface area contributed by atoms with Crippen LogP contribution in [-0.4, -0.2) is 51.6 Å². The van der Waals surface area contributed by atoms with Crippen molar-refractivity contribution in [2.75, 3.05) is 13.1 Å². The number of benzene rings is 2. The number of amides is 3. The average molecular weight is 511 g/mol. The Labute approximate surface area is 210 Å². The lowest BCUT2D eigenvalue weighted by Gasteiger charge is -2.32. The fraction of sp³-hybridized carbons (Fsp3) is 0.385. The molecule has 0 spiro atoms. The Hall–Kier alpha value is -3.24. The van der Waals surface area contributed by atoms with E-state index in [0.29, 0.717) is 25.9 Å². The van der Waals surface area contributed by atoms with Gasteiger partial charge >= 0.3 is 0 Å². The summed E-state index contributed by atoms with van der Waals surface area (Å²) in [6.45, 7) is 2.09. The molecule has 1 aromatic heterocycles. The molecule has 6 rings (SSSR count). The topological polar surface area (TPSA) is 82.6 Å². The lowest BCUT2D eigenvalue weighted by Crippen LogP contribution is -2.52. The molecule has 3 amide bonds. The molecule has 0 saturated carbocycles. The highest BCUT2D eigenvalue weighted by molar-refractivity contribution is 7.16. The van der Waals surface area contributed by atoms with Crippen molar-refractivity contribution in [1.82, 2.24) is 20.1 Å². The van der Waals surface area contributed by atoms with Crippen LogP contribution in [0.15, 0.2) is 29.8 Å². The molecule has 7 nitrogen and oxygen atoms in total. The zero-order chi connectivity index (χ0) is 25.0. The molecule has 3 aliphatic heterocycles. The van der Waals surface area contributed by atoms with Crippen molar-refractivity contribution >= 4 is 39.3 Å². The molecule has 2 saturated heterocycles. The van der Waals surface area contributed by atoms with Gasteiger partial charge in [0, 0.05) is 24.1 Å². The van der Waals surface area contributed by atoms with Crippen LogP contribution in [-0.2, 0) is 22.7 Å². The number of carbonyl (C=O) groups excluding carboxylic acids is 3. The van der Waals surface area contributed by atoms with Gasteiger partial charge in [-0.25, -0.2) is 13.8 Å². The second kappa shape index (κ2) is 9.01. The van der Waals surface area contributed by atoms with Crippen molar-refractivity contribution in [3.63, 3.8) is 0 Å². The molecular weight excluding hydrogens is 486 g/mol. The SMILES string of the molecule is O=C1CCC(N2Cc3c(cc(F)c(C4CCN(Cc5ccc6ncsc6c5)CC4)c3F)C2=O)C(=O)N1. The van der Waals surface area contributed by atoms with E-state index in [4.69, 9.17) is 0 Å². The molecular formula is C26H24F2N4O3S. The first kappa shape index (κ1) is 23.2. The summed E-state index contributed by atoms with van der Waals surface area (Å²) >= 11 is 1.61. The number of fused-ring (bicyclic) bond motifs is 2. The van der Waals surface area contributed by atoms with Gasteiger partial charge in [0.2, 0.25) is 11.8 Å². The zero-order valence-electron chi connectivity index (χ0n) is 19.4. The van der Waals surface area contributed by atoms with Gasteiger partial charge in [0.05, 0.1) is 27.8 Å². The van der Waals surface area contributed by atoms with Gasteiger partial charge in [0.25, 0.3) is 5.91 Å².